The Bertz CT molecular complexity index is 555. The van der Waals surface area contributed by atoms with Crippen LogP contribution in [0.1, 0.15) is 48.5 Å². The topological polar surface area (TPSA) is 91.5 Å². The number of hydrogen-bond donors (Lipinski definition) is 1. The van der Waals surface area contributed by atoms with Crippen LogP contribution in [0.15, 0.2) is 12.3 Å². The monoisotopic (exact) mass is 276 g/mol. The van der Waals surface area contributed by atoms with Gasteiger partial charge in [-0.1, -0.05) is 0 Å². The summed E-state index contributed by atoms with van der Waals surface area (Å²) in [5.74, 6) is -0.687. The van der Waals surface area contributed by atoms with Gasteiger partial charge in [0, 0.05) is 17.2 Å². The van der Waals surface area contributed by atoms with Crippen molar-refractivity contribution in [3.63, 3.8) is 0 Å². The molecule has 0 spiro atoms. The minimum atomic E-state index is -0.699. The van der Waals surface area contributed by atoms with Crippen LogP contribution >= 0.6 is 0 Å². The number of carbonyl (C=O) groups excluding carboxylic acids is 2. The summed E-state index contributed by atoms with van der Waals surface area (Å²) >= 11 is 0. The van der Waals surface area contributed by atoms with Crippen molar-refractivity contribution in [1.82, 2.24) is 4.98 Å². The van der Waals surface area contributed by atoms with Gasteiger partial charge in [0.25, 0.3) is 5.91 Å². The molecule has 106 valence electrons. The van der Waals surface area contributed by atoms with E-state index in [0.717, 1.165) is 0 Å². The molecule has 2 N–H and O–H groups in total. The molecule has 1 aromatic rings. The first-order chi connectivity index (χ1) is 9.18. The van der Waals surface area contributed by atoms with Crippen LogP contribution < -0.4 is 11.2 Å². The van der Waals surface area contributed by atoms with Gasteiger partial charge in [0.05, 0.1) is 11.2 Å². The number of pyridine rings is 1. The fourth-order valence-corrected chi connectivity index (χ4v) is 1.89. The second-order valence-corrected chi connectivity index (χ2v) is 5.77. The second kappa shape index (κ2) is 4.68. The van der Waals surface area contributed by atoms with Gasteiger partial charge in [-0.05, 0) is 33.8 Å². The van der Waals surface area contributed by atoms with Crippen LogP contribution in [-0.4, -0.2) is 35.5 Å². The summed E-state index contributed by atoms with van der Waals surface area (Å²) in [5, 5.41) is 0. The molecule has 0 unspecified atom stereocenters. The number of aldehydes is 1. The van der Waals surface area contributed by atoms with Crippen LogP contribution in [0, 0.1) is 0 Å². The molecule has 1 aliphatic heterocycles. The Morgan fingerprint density at radius 3 is 2.30 bits per heavy atom. The maximum absolute atomic E-state index is 11.2. The molecule has 0 radical (unpaired) electrons. The predicted octanol–water partition coefficient (Wildman–Crippen LogP) is 0.292. The molecule has 1 amide bonds. The van der Waals surface area contributed by atoms with E-state index in [-0.39, 0.29) is 11.3 Å². The number of rotatable bonds is 3. The highest BCUT2D eigenvalue weighted by molar-refractivity contribution is 6.63. The average Bonchev–Trinajstić information content (AvgIpc) is 2.57. The number of amides is 1. The molecule has 1 aromatic heterocycles. The van der Waals surface area contributed by atoms with E-state index in [2.05, 4.69) is 4.98 Å². The molecule has 2 heterocycles. The van der Waals surface area contributed by atoms with Crippen molar-refractivity contribution in [3.05, 3.63) is 23.5 Å². The number of hydrogen-bond acceptors (Lipinski definition) is 5. The van der Waals surface area contributed by atoms with E-state index >= 15 is 0 Å². The normalized spacial score (nSPS) is 19.9. The molecular weight excluding hydrogens is 259 g/mol. The van der Waals surface area contributed by atoms with E-state index in [4.69, 9.17) is 15.0 Å². The van der Waals surface area contributed by atoms with Crippen LogP contribution in [0.4, 0.5) is 0 Å². The van der Waals surface area contributed by atoms with Crippen molar-refractivity contribution in [2.24, 2.45) is 5.73 Å². The largest absolute Gasteiger partial charge is 0.497 e. The van der Waals surface area contributed by atoms with Gasteiger partial charge in [0.1, 0.15) is 12.0 Å². The van der Waals surface area contributed by atoms with Gasteiger partial charge < -0.3 is 15.0 Å². The molecule has 0 aromatic carbocycles. The number of carbonyl (C=O) groups is 2. The third kappa shape index (κ3) is 2.34. The summed E-state index contributed by atoms with van der Waals surface area (Å²) in [5.41, 5.74) is 4.93. The summed E-state index contributed by atoms with van der Waals surface area (Å²) in [7, 11) is -0.699. The predicted molar refractivity (Wildman–Crippen MR) is 73.9 cm³/mol. The lowest BCUT2D eigenvalue weighted by molar-refractivity contribution is 0.00578. The van der Waals surface area contributed by atoms with Gasteiger partial charge in [-0.15, -0.1) is 0 Å². The van der Waals surface area contributed by atoms with Gasteiger partial charge in [-0.2, -0.15) is 0 Å². The van der Waals surface area contributed by atoms with E-state index in [0.29, 0.717) is 11.7 Å². The van der Waals surface area contributed by atoms with E-state index in [9.17, 15) is 9.59 Å². The Balaban J connectivity index is 2.40. The van der Waals surface area contributed by atoms with Crippen molar-refractivity contribution < 1.29 is 18.9 Å². The zero-order valence-electron chi connectivity index (χ0n) is 12.0. The first kappa shape index (κ1) is 14.7. The van der Waals surface area contributed by atoms with Crippen LogP contribution in [-0.2, 0) is 9.31 Å². The van der Waals surface area contributed by atoms with Crippen molar-refractivity contribution in [1.29, 1.82) is 0 Å². The highest BCUT2D eigenvalue weighted by Crippen LogP contribution is 2.36. The molecule has 7 heteroatoms. The van der Waals surface area contributed by atoms with E-state index < -0.39 is 24.2 Å². The highest BCUT2D eigenvalue weighted by atomic mass is 16.7. The number of primary amides is 1. The lowest BCUT2D eigenvalue weighted by atomic mass is 9.77. The maximum atomic E-state index is 11.2. The number of nitrogens with zero attached hydrogens (tertiary/aromatic N) is 1. The Labute approximate surface area is 117 Å². The fraction of sp³-hybridized carbons (Fsp3) is 0.462. The number of aromatic nitrogens is 1. The summed E-state index contributed by atoms with van der Waals surface area (Å²) in [6.07, 6.45) is 2.03. The van der Waals surface area contributed by atoms with E-state index in [1.807, 2.05) is 27.7 Å². The Morgan fingerprint density at radius 2 is 1.85 bits per heavy atom. The first-order valence-corrected chi connectivity index (χ1v) is 6.28. The molecule has 0 atom stereocenters. The molecule has 6 nitrogen and oxygen atoms in total. The molecule has 0 bridgehead atoms. The third-order valence-corrected chi connectivity index (χ3v) is 3.85. The summed E-state index contributed by atoms with van der Waals surface area (Å²) in [6, 6.07) is 1.34. The molecule has 0 saturated carbocycles. The van der Waals surface area contributed by atoms with Gasteiger partial charge in [-0.3, -0.25) is 14.6 Å². The Hall–Kier alpha value is -1.73. The minimum absolute atomic E-state index is 0.0346. The van der Waals surface area contributed by atoms with E-state index in [1.54, 1.807) is 0 Å². The Kier molecular flexibility index (Phi) is 3.43. The lowest BCUT2D eigenvalue weighted by Crippen LogP contribution is -2.41. The number of nitrogens with two attached hydrogens (primary N) is 1. The zero-order valence-corrected chi connectivity index (χ0v) is 12.0. The molecule has 0 aliphatic carbocycles. The quantitative estimate of drug-likeness (QED) is 0.633. The van der Waals surface area contributed by atoms with Gasteiger partial charge in [-0.25, -0.2) is 0 Å². The summed E-state index contributed by atoms with van der Waals surface area (Å²) < 4.78 is 11.7. The first-order valence-electron chi connectivity index (χ1n) is 6.28. The van der Waals surface area contributed by atoms with Gasteiger partial charge in [0.2, 0.25) is 0 Å². The summed E-state index contributed by atoms with van der Waals surface area (Å²) in [6.45, 7) is 7.66. The van der Waals surface area contributed by atoms with Crippen LogP contribution in [0.3, 0.4) is 0 Å². The van der Waals surface area contributed by atoms with Gasteiger partial charge in [0.15, 0.2) is 0 Å². The Morgan fingerprint density at radius 1 is 1.30 bits per heavy atom. The van der Waals surface area contributed by atoms with E-state index in [1.165, 1.54) is 12.3 Å². The zero-order chi connectivity index (χ0) is 15.1. The van der Waals surface area contributed by atoms with Crippen molar-refractivity contribution in [2.45, 2.75) is 38.9 Å². The fourth-order valence-electron chi connectivity index (χ4n) is 1.89. The standard InChI is InChI=1S/C13H17BN2O4/c1-12(2)13(3,4)20-14(19-12)9-6-16-10(11(15)18)5-8(9)7-17/h5-7H,1-4H3,(H2,15,18). The molecule has 20 heavy (non-hydrogen) atoms. The molecule has 1 fully saturated rings. The molecule has 1 aliphatic rings. The highest BCUT2D eigenvalue weighted by Gasteiger charge is 2.52. The van der Waals surface area contributed by atoms with Gasteiger partial charge >= 0.3 is 7.12 Å². The molecular formula is C13H17BN2O4. The van der Waals surface area contributed by atoms with Crippen LogP contribution in [0.5, 0.6) is 0 Å². The molecule has 2 rings (SSSR count). The SMILES string of the molecule is CC1(C)OB(c2cnc(C(N)=O)cc2C=O)OC1(C)C. The second-order valence-electron chi connectivity index (χ2n) is 5.77. The van der Waals surface area contributed by atoms with Crippen molar-refractivity contribution >= 4 is 24.8 Å². The third-order valence-electron chi connectivity index (χ3n) is 3.85. The van der Waals surface area contributed by atoms with Crippen LogP contribution in [0.2, 0.25) is 0 Å². The van der Waals surface area contributed by atoms with Crippen molar-refractivity contribution in [3.8, 4) is 0 Å². The lowest BCUT2D eigenvalue weighted by Gasteiger charge is -2.32. The van der Waals surface area contributed by atoms with Crippen molar-refractivity contribution in [2.75, 3.05) is 0 Å². The average molecular weight is 276 g/mol. The smallest absolute Gasteiger partial charge is 0.399 e. The molecule has 1 saturated heterocycles. The minimum Gasteiger partial charge on any atom is -0.399 e. The summed E-state index contributed by atoms with van der Waals surface area (Å²) in [4.78, 5) is 26.2. The maximum Gasteiger partial charge on any atom is 0.497 e. The van der Waals surface area contributed by atoms with Crippen LogP contribution in [0.25, 0.3) is 0 Å².